The summed E-state index contributed by atoms with van der Waals surface area (Å²) in [6, 6.07) is 25.6. The predicted molar refractivity (Wildman–Crippen MR) is 547 cm³/mol. The Labute approximate surface area is 797 Å². The topological polar surface area (TPSA) is 328 Å². The van der Waals surface area contributed by atoms with Gasteiger partial charge in [0.1, 0.15) is 72.7 Å². The van der Waals surface area contributed by atoms with Crippen LogP contribution in [0.15, 0.2) is 142 Å². The highest BCUT2D eigenvalue weighted by Gasteiger charge is 2.35. The largest absolute Gasteiger partial charge is 0.494 e. The molecule has 0 radical (unpaired) electrons. The van der Waals surface area contributed by atoms with Crippen LogP contribution in [-0.4, -0.2) is 260 Å². The van der Waals surface area contributed by atoms with Crippen LogP contribution < -0.4 is 76.7 Å². The van der Waals surface area contributed by atoms with Gasteiger partial charge in [-0.25, -0.2) is 15.0 Å². The van der Waals surface area contributed by atoms with Gasteiger partial charge in [-0.1, -0.05) is 25.4 Å². The highest BCUT2D eigenvalue weighted by atomic mass is 79.9. The Morgan fingerprint density at radius 1 is 0.412 bits per heavy atom. The number of aromatic nitrogens is 12. The summed E-state index contributed by atoms with van der Waals surface area (Å²) in [6.45, 7) is 25.3. The molecule has 1 saturated carbocycles. The molecule has 38 heteroatoms. The molecule has 0 unspecified atom stereocenters. The van der Waals surface area contributed by atoms with E-state index in [9.17, 15) is 13.7 Å². The molecular formula is C93H116Br3ClN25O6P3. The summed E-state index contributed by atoms with van der Waals surface area (Å²) in [4.78, 5) is 71.5. The molecule has 1 aliphatic carbocycles. The van der Waals surface area contributed by atoms with Crippen molar-refractivity contribution in [1.82, 2.24) is 79.4 Å². The highest BCUT2D eigenvalue weighted by molar-refractivity contribution is 9.11. The van der Waals surface area contributed by atoms with Crippen LogP contribution in [0.4, 0.5) is 86.5 Å². The lowest BCUT2D eigenvalue weighted by molar-refractivity contribution is 0.0982. The molecule has 0 bridgehead atoms. The molecule has 692 valence electrons. The average molecular weight is 2050 g/mol. The molecule has 6 aromatic carbocycles. The molecule has 5 aliphatic rings. The Balaban J connectivity index is 0.000000151. The third-order valence-corrected chi connectivity index (χ3v) is 31.4. The van der Waals surface area contributed by atoms with Gasteiger partial charge in [-0.2, -0.15) is 15.0 Å². The first-order valence-electron chi connectivity index (χ1n) is 44.1. The van der Waals surface area contributed by atoms with Crippen LogP contribution in [0.5, 0.6) is 17.2 Å². The summed E-state index contributed by atoms with van der Waals surface area (Å²) in [7, 11) is 7.69. The Morgan fingerprint density at radius 2 is 0.756 bits per heavy atom. The van der Waals surface area contributed by atoms with Crippen molar-refractivity contribution in [2.24, 2.45) is 0 Å². The molecule has 5 fully saturated rings. The Kier molecular flexibility index (Phi) is 30.4. The second-order valence-electron chi connectivity index (χ2n) is 35.7. The molecule has 0 spiro atoms. The molecule has 0 atom stereocenters. The number of fused-ring (bicyclic) bond motifs is 3. The van der Waals surface area contributed by atoms with Crippen LogP contribution in [-0.2, 0) is 13.7 Å². The fourth-order valence-corrected chi connectivity index (χ4v) is 23.0. The first-order chi connectivity index (χ1) is 62.7. The molecule has 6 aromatic heterocycles. The summed E-state index contributed by atoms with van der Waals surface area (Å²) in [5.74, 6) is 5.71. The van der Waals surface area contributed by atoms with Gasteiger partial charge in [0.25, 0.3) is 0 Å². The van der Waals surface area contributed by atoms with Crippen LogP contribution in [0.3, 0.4) is 0 Å². The number of hydrogen-bond acceptors (Lipinski definition) is 31. The second kappa shape index (κ2) is 41.5. The number of hydrogen-bond donors (Lipinski definition) is 6. The van der Waals surface area contributed by atoms with E-state index < -0.39 is 21.4 Å². The highest BCUT2D eigenvalue weighted by Crippen LogP contribution is 2.51. The molecule has 12 aromatic rings. The van der Waals surface area contributed by atoms with Gasteiger partial charge in [0.15, 0.2) is 0 Å². The molecule has 131 heavy (non-hydrogen) atoms. The van der Waals surface area contributed by atoms with E-state index in [0.29, 0.717) is 161 Å². The summed E-state index contributed by atoms with van der Waals surface area (Å²) in [5, 5.41) is 22.7. The van der Waals surface area contributed by atoms with E-state index in [0.717, 1.165) is 133 Å². The number of anilines is 15. The Hall–Kier alpha value is -9.56. The Morgan fingerprint density at radius 3 is 1.12 bits per heavy atom. The molecule has 0 amide bonds. The Bertz CT molecular complexity index is 6060. The normalized spacial score (nSPS) is 15.9. The van der Waals surface area contributed by atoms with Crippen molar-refractivity contribution in [2.75, 3.05) is 209 Å². The summed E-state index contributed by atoms with van der Waals surface area (Å²) < 4.78 is 59.7. The van der Waals surface area contributed by atoms with Gasteiger partial charge < -0.3 is 89.2 Å². The molecule has 17 rings (SSSR count). The minimum Gasteiger partial charge on any atom is -0.494 e. The van der Waals surface area contributed by atoms with Crippen molar-refractivity contribution >= 4 is 216 Å². The number of likely N-dealkylation sites (N-methyl/N-ethyl adjacent to an activating group) is 1. The maximum absolute atomic E-state index is 13.4. The third kappa shape index (κ3) is 22.8. The summed E-state index contributed by atoms with van der Waals surface area (Å²) >= 11 is 17.6. The summed E-state index contributed by atoms with van der Waals surface area (Å²) in [5.41, 5.74) is 14.2. The molecule has 10 heterocycles. The van der Waals surface area contributed by atoms with Crippen LogP contribution in [0, 0.1) is 0 Å². The zero-order valence-corrected chi connectivity index (χ0v) is 85.2. The van der Waals surface area contributed by atoms with Gasteiger partial charge in [0, 0.05) is 169 Å². The van der Waals surface area contributed by atoms with E-state index in [1.807, 2.05) is 48.5 Å². The van der Waals surface area contributed by atoms with Crippen molar-refractivity contribution in [3.8, 4) is 17.2 Å². The third-order valence-electron chi connectivity index (χ3n) is 24.7. The quantitative estimate of drug-likeness (QED) is 0.0274. The number of ether oxygens (including phenoxy) is 3. The smallest absolute Gasteiger partial charge is 0.229 e. The zero-order valence-electron chi connectivity index (χ0n) is 77.0. The van der Waals surface area contributed by atoms with E-state index in [-0.39, 0.29) is 0 Å². The van der Waals surface area contributed by atoms with Gasteiger partial charge in [0.05, 0.1) is 112 Å². The van der Waals surface area contributed by atoms with E-state index >= 15 is 0 Å². The lowest BCUT2D eigenvalue weighted by Gasteiger charge is -2.42. The van der Waals surface area contributed by atoms with E-state index in [4.69, 9.17) is 40.8 Å². The fourth-order valence-electron chi connectivity index (χ4n) is 17.7. The first-order valence-corrected chi connectivity index (χ1v) is 54.6. The second-order valence-corrected chi connectivity index (χ2v) is 48.1. The minimum atomic E-state index is -2.74. The number of rotatable bonds is 26. The number of methoxy groups -OCH3 is 3. The minimum absolute atomic E-state index is 0.310. The summed E-state index contributed by atoms with van der Waals surface area (Å²) in [6.07, 6.45) is 24.0. The molecular weight excluding hydrogens is 1930 g/mol. The SMILES string of the molecule is COc1cc(N2CCC(N(C)C)CC2)c(C(C)C)cc1Nc1ncc(Br)c(Nc2ccc3nccnc3c2P(C)(C)=O)n1.COc1cc(N2CCC(N(C)C)CC2)c(C2CC2)cc1Nc1ncc(Br)c(Nc2ccc3nccnc3c2P(C)(C)=O)n1.COc1cc(N2CCC(N3CCN(C)CC3)CC2)c(Cl)cc1Nc1ncc(Br)c(Nc2ccc3nccnc3c2P(C)(C)=O)n1. The number of nitrogens with one attached hydrogen (secondary N) is 6. The lowest BCUT2D eigenvalue weighted by atomic mass is 9.96. The van der Waals surface area contributed by atoms with Crippen molar-refractivity contribution in [1.29, 1.82) is 0 Å². The van der Waals surface area contributed by atoms with Crippen LogP contribution in [0.1, 0.15) is 88.2 Å². The van der Waals surface area contributed by atoms with Crippen LogP contribution >= 0.6 is 80.8 Å². The van der Waals surface area contributed by atoms with Gasteiger partial charge in [-0.05, 0) is 252 Å². The fraction of sp³-hybridized carbons (Fsp3) is 0.419. The lowest BCUT2D eigenvalue weighted by Crippen LogP contribution is -2.52. The predicted octanol–water partition coefficient (Wildman–Crippen LogP) is 18.7. The number of piperazine rings is 1. The average Bonchev–Trinajstić information content (AvgIpc) is 1.38. The van der Waals surface area contributed by atoms with E-state index in [1.54, 1.807) is 117 Å². The van der Waals surface area contributed by atoms with Gasteiger partial charge in [0.2, 0.25) is 17.8 Å². The first kappa shape index (κ1) is 96.0. The molecule has 6 N–H and O–H groups in total. The van der Waals surface area contributed by atoms with Crippen LogP contribution in [0.2, 0.25) is 5.02 Å². The van der Waals surface area contributed by atoms with Gasteiger partial charge >= 0.3 is 0 Å². The number of halogens is 4. The van der Waals surface area contributed by atoms with Gasteiger partial charge in [-0.3, -0.25) is 34.8 Å². The molecule has 31 nitrogen and oxygen atoms in total. The number of benzene rings is 6. The zero-order chi connectivity index (χ0) is 92.9. The monoisotopic (exact) mass is 2040 g/mol. The standard InChI is InChI=1S/C31H38BrClN9O2P.C31H38BrN8O2P.C31H40BrN8O2P/c1-40-13-15-41(16-14-40)20-7-11-42(12-8-20)26-18-27(44-2)25(17-22(26)33)38-31-36-19-21(32)30(39-31)37-24-6-5-23-28(35-10-9-34-23)29(24)45(3,4)43;1-39(2)20-10-14-40(15-11-20)26-17-27(42-3)25(16-21(26)19-6-7-19)37-31-35-18-22(32)30(38-31)36-24-9-8-23-28(34-13-12-33-23)29(24)43(4,5)41;1-19(2)21-16-25(27(42-5)17-26(21)40-14-10-20(11-15-40)39(3)4)37-31-35-18-22(32)30(38-31)36-24-9-8-23-28(34-13-12-33-23)29(24)43(6,7)41/h5-6,9-10,17-20H,7-8,11-16H2,1-4H3,(H2,36,37,38,39);8-9,12-13,16-20H,6-7,10-11,14-15H2,1-5H3,(H2,35,36,37,38);8-9,12-13,16-20H,10-11,14-15H2,1-7H3,(H2,35,36,37,38). The number of piperidine rings is 3. The van der Waals surface area contributed by atoms with Crippen molar-refractivity contribution < 1.29 is 27.9 Å². The van der Waals surface area contributed by atoms with Crippen molar-refractivity contribution in [2.45, 2.75) is 95.2 Å². The van der Waals surface area contributed by atoms with Crippen molar-refractivity contribution in [3.05, 3.63) is 158 Å². The van der Waals surface area contributed by atoms with Crippen molar-refractivity contribution in [3.63, 3.8) is 0 Å². The number of nitrogens with zero attached hydrogens (tertiary/aromatic N) is 19. The van der Waals surface area contributed by atoms with E-state index in [1.165, 1.54) is 35.3 Å². The molecule has 4 aliphatic heterocycles. The van der Waals surface area contributed by atoms with Gasteiger partial charge in [-0.15, -0.1) is 0 Å². The van der Waals surface area contributed by atoms with E-state index in [2.05, 4.69) is 232 Å². The van der Waals surface area contributed by atoms with Crippen LogP contribution in [0.25, 0.3) is 33.1 Å². The maximum atomic E-state index is 13.4. The maximum Gasteiger partial charge on any atom is 0.229 e. The molecule has 4 saturated heterocycles.